The molecule has 0 saturated carbocycles. The van der Waals surface area contributed by atoms with Crippen LogP contribution in [0.15, 0.2) is 18.5 Å². The van der Waals surface area contributed by atoms with Crippen molar-refractivity contribution >= 4 is 17.3 Å². The predicted molar refractivity (Wildman–Crippen MR) is 96.2 cm³/mol. The number of alkyl halides is 3. The molecule has 0 aromatic carbocycles. The standard InChI is InChI=1S/C16H18F3N9O/c17-16(18,19)15-11(22-1-2-23-14-9-21-3-4-29-14)5-12(27-28-15)26-13-8-24-10(6-20)7-25-13/h5,7-8,14,21,23H,1-4,9H2,(H2,22,25,26,27). The van der Waals surface area contributed by atoms with Crippen molar-refractivity contribution in [2.24, 2.45) is 0 Å². The van der Waals surface area contributed by atoms with Crippen LogP contribution in [0.5, 0.6) is 0 Å². The highest BCUT2D eigenvalue weighted by Gasteiger charge is 2.36. The number of anilines is 3. The first-order valence-corrected chi connectivity index (χ1v) is 8.69. The second kappa shape index (κ2) is 9.41. The number of hydrogen-bond acceptors (Lipinski definition) is 10. The number of halogens is 3. The van der Waals surface area contributed by atoms with E-state index in [1.807, 2.05) is 6.07 Å². The molecule has 1 aliphatic heterocycles. The fraction of sp³-hybridized carbons (Fsp3) is 0.438. The maximum absolute atomic E-state index is 13.2. The molecule has 0 amide bonds. The highest BCUT2D eigenvalue weighted by Crippen LogP contribution is 2.33. The van der Waals surface area contributed by atoms with Crippen LogP contribution < -0.4 is 21.3 Å². The molecular formula is C16H18F3N9O. The molecule has 4 N–H and O–H groups in total. The van der Waals surface area contributed by atoms with Gasteiger partial charge in [0.15, 0.2) is 17.2 Å². The van der Waals surface area contributed by atoms with Crippen molar-refractivity contribution in [3.05, 3.63) is 29.8 Å². The summed E-state index contributed by atoms with van der Waals surface area (Å²) in [5.41, 5.74) is -1.23. The number of nitrogens with one attached hydrogen (secondary N) is 4. The Kier molecular flexibility index (Phi) is 6.70. The van der Waals surface area contributed by atoms with Gasteiger partial charge in [-0.05, 0) is 0 Å². The van der Waals surface area contributed by atoms with Gasteiger partial charge in [-0.2, -0.15) is 18.4 Å². The largest absolute Gasteiger partial charge is 0.437 e. The molecular weight excluding hydrogens is 391 g/mol. The lowest BCUT2D eigenvalue weighted by molar-refractivity contribution is -0.141. The van der Waals surface area contributed by atoms with E-state index in [1.165, 1.54) is 18.5 Å². The average molecular weight is 409 g/mol. The van der Waals surface area contributed by atoms with Gasteiger partial charge in [-0.3, -0.25) is 5.32 Å². The third-order valence-corrected chi connectivity index (χ3v) is 3.83. The lowest BCUT2D eigenvalue weighted by Crippen LogP contribution is -2.47. The van der Waals surface area contributed by atoms with Crippen molar-refractivity contribution in [2.75, 3.05) is 43.4 Å². The van der Waals surface area contributed by atoms with Crippen molar-refractivity contribution in [1.29, 1.82) is 5.26 Å². The number of hydrogen-bond donors (Lipinski definition) is 4. The Morgan fingerprint density at radius 3 is 2.72 bits per heavy atom. The molecule has 154 valence electrons. The number of morpholine rings is 1. The molecule has 13 heteroatoms. The zero-order valence-electron chi connectivity index (χ0n) is 15.1. The van der Waals surface area contributed by atoms with Crippen LogP contribution in [0.3, 0.4) is 0 Å². The highest BCUT2D eigenvalue weighted by atomic mass is 19.4. The topological polar surface area (TPSA) is 133 Å². The average Bonchev–Trinajstić information content (AvgIpc) is 2.72. The van der Waals surface area contributed by atoms with Gasteiger partial charge in [0.2, 0.25) is 0 Å². The zero-order valence-corrected chi connectivity index (χ0v) is 15.1. The first-order valence-electron chi connectivity index (χ1n) is 8.69. The number of nitriles is 1. The van der Waals surface area contributed by atoms with Crippen molar-refractivity contribution in [2.45, 2.75) is 12.4 Å². The van der Waals surface area contributed by atoms with Gasteiger partial charge in [0.25, 0.3) is 0 Å². The van der Waals surface area contributed by atoms with Gasteiger partial charge in [0.1, 0.15) is 18.1 Å². The SMILES string of the molecule is N#Cc1cnc(Nc2cc(NCCNC3CNCCO3)c(C(F)(F)F)nn2)cn1. The maximum atomic E-state index is 13.2. The fourth-order valence-electron chi connectivity index (χ4n) is 2.51. The van der Waals surface area contributed by atoms with E-state index in [2.05, 4.69) is 41.4 Å². The molecule has 0 radical (unpaired) electrons. The molecule has 1 fully saturated rings. The minimum absolute atomic E-state index is 0.0484. The molecule has 0 aliphatic carbocycles. The summed E-state index contributed by atoms with van der Waals surface area (Å²) in [6, 6.07) is 3.01. The summed E-state index contributed by atoms with van der Waals surface area (Å²) < 4.78 is 45.2. The number of nitrogens with zero attached hydrogens (tertiary/aromatic N) is 5. The summed E-state index contributed by atoms with van der Waals surface area (Å²) >= 11 is 0. The van der Waals surface area contributed by atoms with E-state index < -0.39 is 11.9 Å². The van der Waals surface area contributed by atoms with E-state index >= 15 is 0 Å². The normalized spacial score (nSPS) is 16.8. The lowest BCUT2D eigenvalue weighted by atomic mass is 10.3. The van der Waals surface area contributed by atoms with Gasteiger partial charge >= 0.3 is 6.18 Å². The molecule has 2 aromatic heterocycles. The molecule has 0 bridgehead atoms. The quantitative estimate of drug-likeness (QED) is 0.488. The molecule has 1 saturated heterocycles. The Bertz CT molecular complexity index is 848. The maximum Gasteiger partial charge on any atom is 0.437 e. The van der Waals surface area contributed by atoms with Crippen LogP contribution in [0.25, 0.3) is 0 Å². The van der Waals surface area contributed by atoms with Gasteiger partial charge in [0.05, 0.1) is 24.7 Å². The van der Waals surface area contributed by atoms with E-state index in [-0.39, 0.29) is 35.8 Å². The third kappa shape index (κ3) is 5.95. The van der Waals surface area contributed by atoms with Crippen LogP contribution in [-0.4, -0.2) is 59.2 Å². The Balaban J connectivity index is 1.65. The minimum atomic E-state index is -4.66. The molecule has 2 aromatic rings. The molecule has 3 rings (SSSR count). The summed E-state index contributed by atoms with van der Waals surface area (Å²) in [6.45, 7) is 2.57. The Morgan fingerprint density at radius 2 is 2.07 bits per heavy atom. The van der Waals surface area contributed by atoms with Gasteiger partial charge in [0, 0.05) is 32.2 Å². The van der Waals surface area contributed by atoms with E-state index in [0.717, 1.165) is 6.54 Å². The van der Waals surface area contributed by atoms with Crippen LogP contribution in [0.4, 0.5) is 30.5 Å². The van der Waals surface area contributed by atoms with Gasteiger partial charge < -0.3 is 20.7 Å². The number of aromatic nitrogens is 4. The molecule has 29 heavy (non-hydrogen) atoms. The van der Waals surface area contributed by atoms with Gasteiger partial charge in [-0.1, -0.05) is 0 Å². The summed E-state index contributed by atoms with van der Waals surface area (Å²) in [7, 11) is 0. The van der Waals surface area contributed by atoms with Crippen LogP contribution in [0.1, 0.15) is 11.4 Å². The van der Waals surface area contributed by atoms with Crippen molar-refractivity contribution in [1.82, 2.24) is 30.8 Å². The Labute approximate surface area is 163 Å². The molecule has 1 unspecified atom stereocenters. The fourth-order valence-corrected chi connectivity index (χ4v) is 2.51. The summed E-state index contributed by atoms with van der Waals surface area (Å²) in [5, 5.41) is 27.2. The van der Waals surface area contributed by atoms with E-state index in [4.69, 9.17) is 10.00 Å². The van der Waals surface area contributed by atoms with Crippen LogP contribution >= 0.6 is 0 Å². The molecule has 3 heterocycles. The highest BCUT2D eigenvalue weighted by molar-refractivity contribution is 5.60. The second-order valence-corrected chi connectivity index (χ2v) is 5.96. The van der Waals surface area contributed by atoms with Crippen molar-refractivity contribution in [3.8, 4) is 6.07 Å². The van der Waals surface area contributed by atoms with Crippen LogP contribution in [-0.2, 0) is 10.9 Å². The Hall–Kier alpha value is -3.08. The molecule has 1 atom stereocenters. The van der Waals surface area contributed by atoms with Crippen LogP contribution in [0.2, 0.25) is 0 Å². The van der Waals surface area contributed by atoms with E-state index in [1.54, 1.807) is 0 Å². The first-order chi connectivity index (χ1) is 14.0. The molecule has 10 nitrogen and oxygen atoms in total. The Morgan fingerprint density at radius 1 is 1.21 bits per heavy atom. The number of ether oxygens (including phenoxy) is 1. The number of rotatable bonds is 7. The predicted octanol–water partition coefficient (Wildman–Crippen LogP) is 0.848. The summed E-state index contributed by atoms with van der Waals surface area (Å²) in [4.78, 5) is 7.76. The van der Waals surface area contributed by atoms with E-state index in [0.29, 0.717) is 19.7 Å². The van der Waals surface area contributed by atoms with Crippen molar-refractivity contribution in [3.63, 3.8) is 0 Å². The zero-order chi connectivity index (χ0) is 20.7. The monoisotopic (exact) mass is 409 g/mol. The minimum Gasteiger partial charge on any atom is -0.382 e. The first kappa shape index (κ1) is 20.6. The van der Waals surface area contributed by atoms with Gasteiger partial charge in [-0.25, -0.2) is 9.97 Å². The second-order valence-electron chi connectivity index (χ2n) is 5.96. The van der Waals surface area contributed by atoms with Gasteiger partial charge in [-0.15, -0.1) is 10.2 Å². The molecule has 1 aliphatic rings. The van der Waals surface area contributed by atoms with E-state index in [9.17, 15) is 13.2 Å². The smallest absolute Gasteiger partial charge is 0.382 e. The third-order valence-electron chi connectivity index (χ3n) is 3.83. The lowest BCUT2D eigenvalue weighted by Gasteiger charge is -2.24. The van der Waals surface area contributed by atoms with Crippen LogP contribution in [0, 0.1) is 11.3 Å². The van der Waals surface area contributed by atoms with Crippen molar-refractivity contribution < 1.29 is 17.9 Å². The molecule has 0 spiro atoms. The summed E-state index contributed by atoms with van der Waals surface area (Å²) in [5.74, 6) is 0.264. The summed E-state index contributed by atoms with van der Waals surface area (Å²) in [6.07, 6.45) is -2.35.